The molecule has 29 heavy (non-hydrogen) atoms. The maximum atomic E-state index is 13.0. The zero-order chi connectivity index (χ0) is 21.7. The Morgan fingerprint density at radius 3 is 2.41 bits per heavy atom. The molecule has 8 nitrogen and oxygen atoms in total. The Hall–Kier alpha value is -2.23. The van der Waals surface area contributed by atoms with Crippen LogP contribution in [0.5, 0.6) is 0 Å². The summed E-state index contributed by atoms with van der Waals surface area (Å²) in [7, 11) is -0.218. The third-order valence-corrected chi connectivity index (χ3v) is 7.24. The Morgan fingerprint density at radius 1 is 1.21 bits per heavy atom. The van der Waals surface area contributed by atoms with Crippen LogP contribution >= 0.6 is 11.6 Å². The van der Waals surface area contributed by atoms with Crippen molar-refractivity contribution in [1.29, 1.82) is 0 Å². The van der Waals surface area contributed by atoms with Crippen molar-refractivity contribution < 1.29 is 8.42 Å². The van der Waals surface area contributed by atoms with Crippen molar-refractivity contribution >= 4 is 32.5 Å². The summed E-state index contributed by atoms with van der Waals surface area (Å²) in [6.07, 6.45) is 3.38. The molecule has 0 amide bonds. The second-order valence-electron chi connectivity index (χ2n) is 8.05. The van der Waals surface area contributed by atoms with Gasteiger partial charge in [-0.1, -0.05) is 11.6 Å². The number of sulfonamides is 1. The van der Waals surface area contributed by atoms with E-state index in [0.717, 1.165) is 0 Å². The van der Waals surface area contributed by atoms with E-state index in [1.54, 1.807) is 71.0 Å². The molecule has 0 aliphatic rings. The molecule has 0 fully saturated rings. The van der Waals surface area contributed by atoms with Crippen LogP contribution in [-0.4, -0.2) is 32.5 Å². The molecule has 0 saturated carbocycles. The summed E-state index contributed by atoms with van der Waals surface area (Å²) in [5.74, 6) is 0.435. The maximum Gasteiger partial charge on any atom is 0.261 e. The molecule has 1 aromatic carbocycles. The molecule has 1 N–H and O–H groups in total. The van der Waals surface area contributed by atoms with Crippen LogP contribution in [0.4, 0.5) is 0 Å². The lowest BCUT2D eigenvalue weighted by atomic mass is 10.0. The predicted octanol–water partition coefficient (Wildman–Crippen LogP) is 2.77. The van der Waals surface area contributed by atoms with Crippen LogP contribution in [0, 0.1) is 0 Å². The van der Waals surface area contributed by atoms with E-state index in [2.05, 4.69) is 14.8 Å². The number of aryl methyl sites for hydroxylation is 1. The molecule has 1 atom stereocenters. The normalized spacial score (nSPS) is 13.8. The highest BCUT2D eigenvalue weighted by atomic mass is 35.5. The van der Waals surface area contributed by atoms with Crippen molar-refractivity contribution in [3.05, 3.63) is 45.5 Å². The van der Waals surface area contributed by atoms with Gasteiger partial charge in [-0.3, -0.25) is 14.0 Å². The van der Waals surface area contributed by atoms with Crippen molar-refractivity contribution in [3.63, 3.8) is 0 Å². The minimum absolute atomic E-state index is 0.275. The van der Waals surface area contributed by atoms with E-state index >= 15 is 0 Å². The third kappa shape index (κ3) is 3.94. The molecule has 0 aliphatic carbocycles. The molecule has 10 heteroatoms. The second-order valence-corrected chi connectivity index (χ2v) is 11.0. The lowest BCUT2D eigenvalue weighted by Crippen LogP contribution is -2.40. The van der Waals surface area contributed by atoms with Crippen LogP contribution in [0.3, 0.4) is 0 Å². The van der Waals surface area contributed by atoms with E-state index in [-0.39, 0.29) is 5.56 Å². The molecule has 3 aromatic rings. The topological polar surface area (TPSA) is 98.9 Å². The molecule has 0 unspecified atom stereocenters. The molecule has 2 aromatic heterocycles. The molecular formula is C19H24ClN5O3S. The van der Waals surface area contributed by atoms with E-state index < -0.39 is 20.8 Å². The van der Waals surface area contributed by atoms with Gasteiger partial charge in [0, 0.05) is 31.4 Å². The van der Waals surface area contributed by atoms with E-state index in [9.17, 15) is 13.2 Å². The molecule has 3 rings (SSSR count). The Balaban J connectivity index is 2.25. The summed E-state index contributed by atoms with van der Waals surface area (Å²) >= 11 is 6.25. The van der Waals surface area contributed by atoms with Gasteiger partial charge in [-0.05, 0) is 45.4 Å². The van der Waals surface area contributed by atoms with E-state index in [0.29, 0.717) is 32.9 Å². The van der Waals surface area contributed by atoms with Crippen molar-refractivity contribution in [3.8, 4) is 11.4 Å². The number of aromatic nitrogens is 4. The summed E-state index contributed by atoms with van der Waals surface area (Å²) in [5.41, 5.74) is 1.34. The van der Waals surface area contributed by atoms with Gasteiger partial charge in [-0.15, -0.1) is 0 Å². The molecule has 156 valence electrons. The fraction of sp³-hybridized carbons (Fsp3) is 0.421. The summed E-state index contributed by atoms with van der Waals surface area (Å²) in [6.45, 7) is 6.56. The lowest BCUT2D eigenvalue weighted by molar-refractivity contribution is 0.532. The van der Waals surface area contributed by atoms with Gasteiger partial charge in [0.2, 0.25) is 10.0 Å². The Morgan fingerprint density at radius 2 is 1.86 bits per heavy atom. The number of fused-ring (bicyclic) bond motifs is 1. The third-order valence-electron chi connectivity index (χ3n) is 4.74. The Kier molecular flexibility index (Phi) is 5.35. The molecule has 0 radical (unpaired) electrons. The molecule has 0 bridgehead atoms. The second kappa shape index (κ2) is 7.23. The fourth-order valence-electron chi connectivity index (χ4n) is 2.96. The fourth-order valence-corrected chi connectivity index (χ4v) is 4.14. The van der Waals surface area contributed by atoms with Crippen molar-refractivity contribution in [2.75, 3.05) is 0 Å². The van der Waals surface area contributed by atoms with Crippen LogP contribution in [0.15, 0.2) is 29.3 Å². The SMILES string of the molecule is C[C@@H](NS(=O)(=O)C(C)(C)C)c1cc(Cl)cc2c(=O)n(C)c(-c3cnn(C)c3)nc12. The van der Waals surface area contributed by atoms with Crippen LogP contribution < -0.4 is 10.3 Å². The van der Waals surface area contributed by atoms with Crippen molar-refractivity contribution in [2.24, 2.45) is 14.1 Å². The minimum atomic E-state index is -3.62. The predicted molar refractivity (Wildman–Crippen MR) is 114 cm³/mol. The summed E-state index contributed by atoms with van der Waals surface area (Å²) < 4.78 is 30.0. The Bertz CT molecular complexity index is 1260. The lowest BCUT2D eigenvalue weighted by Gasteiger charge is -2.24. The quantitative estimate of drug-likeness (QED) is 0.676. The van der Waals surface area contributed by atoms with Gasteiger partial charge in [-0.2, -0.15) is 5.10 Å². The minimum Gasteiger partial charge on any atom is -0.295 e. The highest BCUT2D eigenvalue weighted by Crippen LogP contribution is 2.29. The first-order chi connectivity index (χ1) is 13.3. The number of benzene rings is 1. The maximum absolute atomic E-state index is 13.0. The van der Waals surface area contributed by atoms with E-state index in [4.69, 9.17) is 11.6 Å². The number of halogens is 1. The first kappa shape index (κ1) is 21.5. The summed E-state index contributed by atoms with van der Waals surface area (Å²) in [4.78, 5) is 17.7. The van der Waals surface area contributed by atoms with Crippen LogP contribution in [0.25, 0.3) is 22.3 Å². The number of nitrogens with one attached hydrogen (secondary N) is 1. The van der Waals surface area contributed by atoms with E-state index in [1.807, 2.05) is 0 Å². The molecule has 0 saturated heterocycles. The number of nitrogens with zero attached hydrogens (tertiary/aromatic N) is 4. The Labute approximate surface area is 174 Å². The zero-order valence-electron chi connectivity index (χ0n) is 17.2. The zero-order valence-corrected chi connectivity index (χ0v) is 18.8. The molecule has 0 spiro atoms. The van der Waals surface area contributed by atoms with Gasteiger partial charge in [0.15, 0.2) is 0 Å². The van der Waals surface area contributed by atoms with Gasteiger partial charge in [0.05, 0.1) is 27.4 Å². The van der Waals surface area contributed by atoms with Gasteiger partial charge in [0.25, 0.3) is 5.56 Å². The highest BCUT2D eigenvalue weighted by Gasteiger charge is 2.31. The smallest absolute Gasteiger partial charge is 0.261 e. The standard InChI is InChI=1S/C19H24ClN5O3S/c1-11(23-29(27,28)19(2,3)4)14-7-13(20)8-15-16(14)22-17(25(6)18(15)26)12-9-21-24(5)10-12/h7-11,23H,1-6H3/t11-/m1/s1. The van der Waals surface area contributed by atoms with Gasteiger partial charge in [-0.25, -0.2) is 18.1 Å². The van der Waals surface area contributed by atoms with E-state index in [1.165, 1.54) is 4.57 Å². The summed E-state index contributed by atoms with van der Waals surface area (Å²) in [6, 6.07) is 2.55. The average molecular weight is 438 g/mol. The van der Waals surface area contributed by atoms with Crippen LogP contribution in [0.2, 0.25) is 5.02 Å². The first-order valence-electron chi connectivity index (χ1n) is 9.03. The molecule has 0 aliphatic heterocycles. The monoisotopic (exact) mass is 437 g/mol. The summed E-state index contributed by atoms with van der Waals surface area (Å²) in [5, 5.41) is 4.80. The number of rotatable bonds is 4. The average Bonchev–Trinajstić information content (AvgIpc) is 3.02. The van der Waals surface area contributed by atoms with Gasteiger partial charge in [0.1, 0.15) is 5.82 Å². The molecular weight excluding hydrogens is 414 g/mol. The van der Waals surface area contributed by atoms with Crippen LogP contribution in [0.1, 0.15) is 39.3 Å². The van der Waals surface area contributed by atoms with Crippen LogP contribution in [-0.2, 0) is 24.1 Å². The highest BCUT2D eigenvalue weighted by molar-refractivity contribution is 7.90. The first-order valence-corrected chi connectivity index (χ1v) is 10.9. The number of hydrogen-bond acceptors (Lipinski definition) is 5. The number of hydrogen-bond donors (Lipinski definition) is 1. The van der Waals surface area contributed by atoms with Crippen molar-refractivity contribution in [2.45, 2.75) is 38.5 Å². The molecule has 2 heterocycles. The van der Waals surface area contributed by atoms with Crippen molar-refractivity contribution in [1.82, 2.24) is 24.1 Å². The largest absolute Gasteiger partial charge is 0.295 e. The van der Waals surface area contributed by atoms with Gasteiger partial charge >= 0.3 is 0 Å². The van der Waals surface area contributed by atoms with Gasteiger partial charge < -0.3 is 0 Å².